The van der Waals surface area contributed by atoms with E-state index in [1.807, 2.05) is 6.20 Å². The number of aliphatic imine (C=N–C) groups is 1. The number of hydrogen-bond acceptors (Lipinski definition) is 3. The van der Waals surface area contributed by atoms with Crippen LogP contribution in [-0.4, -0.2) is 15.7 Å². The standard InChI is InChI=1S/C21H21N3S/c1-12(2)18-9-14-7-15-8-17(25-20(15)10-19(14)24-18)6-5-16-11-22-21(23-16)13(3)4/h7-8,10-13H,9H2,1-4H3,(H,22,23). The molecule has 0 saturated carbocycles. The van der Waals surface area contributed by atoms with E-state index in [0.29, 0.717) is 11.8 Å². The topological polar surface area (TPSA) is 41.0 Å². The van der Waals surface area contributed by atoms with Gasteiger partial charge in [-0.3, -0.25) is 4.99 Å². The van der Waals surface area contributed by atoms with Crippen LogP contribution < -0.4 is 0 Å². The van der Waals surface area contributed by atoms with Crippen LogP contribution in [0.25, 0.3) is 10.1 Å². The van der Waals surface area contributed by atoms with Crippen molar-refractivity contribution >= 4 is 32.8 Å². The number of rotatable bonds is 2. The van der Waals surface area contributed by atoms with Crippen molar-refractivity contribution in [3.05, 3.63) is 46.4 Å². The van der Waals surface area contributed by atoms with Crippen LogP contribution in [0.4, 0.5) is 5.69 Å². The van der Waals surface area contributed by atoms with Crippen molar-refractivity contribution < 1.29 is 0 Å². The maximum atomic E-state index is 4.80. The molecule has 0 spiro atoms. The smallest absolute Gasteiger partial charge is 0.110 e. The van der Waals surface area contributed by atoms with E-state index in [1.165, 1.54) is 21.4 Å². The van der Waals surface area contributed by atoms with Gasteiger partial charge in [0.05, 0.1) is 16.8 Å². The predicted molar refractivity (Wildman–Crippen MR) is 106 cm³/mol. The van der Waals surface area contributed by atoms with E-state index in [-0.39, 0.29) is 0 Å². The van der Waals surface area contributed by atoms with E-state index in [2.05, 4.69) is 67.7 Å². The van der Waals surface area contributed by atoms with Crippen LogP contribution in [0.3, 0.4) is 0 Å². The summed E-state index contributed by atoms with van der Waals surface area (Å²) in [6, 6.07) is 6.67. The molecule has 0 saturated heterocycles. The zero-order chi connectivity index (χ0) is 17.6. The van der Waals surface area contributed by atoms with Gasteiger partial charge in [-0.05, 0) is 46.9 Å². The van der Waals surface area contributed by atoms with Gasteiger partial charge in [-0.25, -0.2) is 4.98 Å². The number of nitrogens with zero attached hydrogens (tertiary/aromatic N) is 2. The van der Waals surface area contributed by atoms with Gasteiger partial charge >= 0.3 is 0 Å². The molecule has 0 radical (unpaired) electrons. The summed E-state index contributed by atoms with van der Waals surface area (Å²) in [6.07, 6.45) is 2.79. The molecular weight excluding hydrogens is 326 g/mol. The average molecular weight is 347 g/mol. The first-order chi connectivity index (χ1) is 12.0. The average Bonchev–Trinajstić information content (AvgIpc) is 3.27. The van der Waals surface area contributed by atoms with Crippen molar-refractivity contribution in [3.8, 4) is 11.8 Å². The van der Waals surface area contributed by atoms with Crippen LogP contribution in [0.5, 0.6) is 0 Å². The Labute approximate surface area is 152 Å². The number of hydrogen-bond donors (Lipinski definition) is 1. The van der Waals surface area contributed by atoms with Gasteiger partial charge in [-0.2, -0.15) is 0 Å². The third kappa shape index (κ3) is 3.12. The zero-order valence-electron chi connectivity index (χ0n) is 15.0. The number of imidazole rings is 1. The highest BCUT2D eigenvalue weighted by Gasteiger charge is 2.18. The first-order valence-corrected chi connectivity index (χ1v) is 9.52. The summed E-state index contributed by atoms with van der Waals surface area (Å²) in [6.45, 7) is 8.66. The highest BCUT2D eigenvalue weighted by atomic mass is 32.1. The van der Waals surface area contributed by atoms with Gasteiger partial charge in [0.1, 0.15) is 11.5 Å². The first kappa shape index (κ1) is 16.1. The molecule has 0 unspecified atom stereocenters. The largest absolute Gasteiger partial charge is 0.335 e. The molecule has 3 aromatic rings. The Morgan fingerprint density at radius 3 is 2.64 bits per heavy atom. The number of aromatic nitrogens is 2. The molecule has 0 fully saturated rings. The van der Waals surface area contributed by atoms with Gasteiger partial charge < -0.3 is 4.98 Å². The zero-order valence-corrected chi connectivity index (χ0v) is 15.8. The van der Waals surface area contributed by atoms with Gasteiger partial charge in [0.25, 0.3) is 0 Å². The maximum Gasteiger partial charge on any atom is 0.110 e. The lowest BCUT2D eigenvalue weighted by molar-refractivity contribution is 0.793. The minimum Gasteiger partial charge on any atom is -0.335 e. The summed E-state index contributed by atoms with van der Waals surface area (Å²) < 4.78 is 1.25. The highest BCUT2D eigenvalue weighted by Crippen LogP contribution is 2.36. The lowest BCUT2D eigenvalue weighted by Gasteiger charge is -2.01. The number of thiophene rings is 1. The summed E-state index contributed by atoms with van der Waals surface area (Å²) in [5.41, 5.74) is 4.62. The maximum absolute atomic E-state index is 4.80. The minimum atomic E-state index is 0.388. The Kier molecular flexibility index (Phi) is 3.97. The van der Waals surface area contributed by atoms with Crippen LogP contribution in [0.2, 0.25) is 0 Å². The number of H-pyrrole nitrogens is 1. The molecule has 0 amide bonds. The monoisotopic (exact) mass is 347 g/mol. The number of fused-ring (bicyclic) bond motifs is 2. The first-order valence-electron chi connectivity index (χ1n) is 8.70. The second-order valence-electron chi connectivity index (χ2n) is 7.15. The molecule has 0 aliphatic carbocycles. The molecule has 126 valence electrons. The molecule has 0 atom stereocenters. The van der Waals surface area contributed by atoms with Crippen molar-refractivity contribution in [2.24, 2.45) is 10.9 Å². The van der Waals surface area contributed by atoms with Crippen LogP contribution in [-0.2, 0) is 6.42 Å². The summed E-state index contributed by atoms with van der Waals surface area (Å²) in [5, 5.41) is 1.26. The molecule has 4 rings (SSSR count). The molecule has 0 bridgehead atoms. The molecule has 1 aliphatic rings. The van der Waals surface area contributed by atoms with Crippen molar-refractivity contribution in [2.45, 2.75) is 40.0 Å². The van der Waals surface area contributed by atoms with Gasteiger partial charge in [-0.1, -0.05) is 27.7 Å². The van der Waals surface area contributed by atoms with Gasteiger partial charge in [0.15, 0.2) is 0 Å². The Balaban J connectivity index is 1.64. The second-order valence-corrected chi connectivity index (χ2v) is 8.23. The predicted octanol–water partition coefficient (Wildman–Crippen LogP) is 5.43. The van der Waals surface area contributed by atoms with Crippen molar-refractivity contribution in [1.82, 2.24) is 9.97 Å². The van der Waals surface area contributed by atoms with Crippen LogP contribution in [0.1, 0.15) is 55.6 Å². The SMILES string of the molecule is CC(C)C1=Nc2cc3sc(C#Cc4cnc(C(C)C)[nH]4)cc3cc2C1. The minimum absolute atomic E-state index is 0.388. The molecule has 1 aromatic carbocycles. The lowest BCUT2D eigenvalue weighted by atomic mass is 10.0. The lowest BCUT2D eigenvalue weighted by Crippen LogP contribution is -2.06. The summed E-state index contributed by atoms with van der Waals surface area (Å²) in [7, 11) is 0. The Hall–Kier alpha value is -2.38. The third-order valence-electron chi connectivity index (χ3n) is 4.48. The van der Waals surface area contributed by atoms with Crippen molar-refractivity contribution in [2.75, 3.05) is 0 Å². The quantitative estimate of drug-likeness (QED) is 0.617. The number of aromatic amines is 1. The fraction of sp³-hybridized carbons (Fsp3) is 0.333. The fourth-order valence-electron chi connectivity index (χ4n) is 2.98. The molecule has 3 nitrogen and oxygen atoms in total. The van der Waals surface area contributed by atoms with E-state index in [4.69, 9.17) is 4.99 Å². The molecule has 4 heteroatoms. The molecule has 1 N–H and O–H groups in total. The molecule has 2 aromatic heterocycles. The molecule has 1 aliphatic heterocycles. The molecule has 25 heavy (non-hydrogen) atoms. The van der Waals surface area contributed by atoms with E-state index in [0.717, 1.165) is 28.5 Å². The Morgan fingerprint density at radius 1 is 1.08 bits per heavy atom. The summed E-state index contributed by atoms with van der Waals surface area (Å²) >= 11 is 1.73. The van der Waals surface area contributed by atoms with Gasteiger partial charge in [0, 0.05) is 22.8 Å². The number of nitrogens with one attached hydrogen (secondary N) is 1. The second kappa shape index (κ2) is 6.16. The van der Waals surface area contributed by atoms with E-state index in [9.17, 15) is 0 Å². The van der Waals surface area contributed by atoms with E-state index in [1.54, 1.807) is 11.3 Å². The van der Waals surface area contributed by atoms with Gasteiger partial charge in [0.2, 0.25) is 0 Å². The number of benzene rings is 1. The third-order valence-corrected chi connectivity index (χ3v) is 5.50. The van der Waals surface area contributed by atoms with Crippen LogP contribution >= 0.6 is 11.3 Å². The van der Waals surface area contributed by atoms with Crippen LogP contribution in [0.15, 0.2) is 29.4 Å². The van der Waals surface area contributed by atoms with Crippen molar-refractivity contribution in [1.29, 1.82) is 0 Å². The van der Waals surface area contributed by atoms with Crippen molar-refractivity contribution in [3.63, 3.8) is 0 Å². The van der Waals surface area contributed by atoms with Gasteiger partial charge in [-0.15, -0.1) is 11.3 Å². The molecular formula is C21H21N3S. The normalized spacial score (nSPS) is 13.3. The van der Waals surface area contributed by atoms with Crippen LogP contribution in [0, 0.1) is 17.8 Å². The summed E-state index contributed by atoms with van der Waals surface area (Å²) in [4.78, 5) is 13.5. The van der Waals surface area contributed by atoms with E-state index >= 15 is 0 Å². The highest BCUT2D eigenvalue weighted by molar-refractivity contribution is 7.19. The fourth-order valence-corrected chi connectivity index (χ4v) is 3.91. The molecule has 3 heterocycles. The van der Waals surface area contributed by atoms with E-state index < -0.39 is 0 Å². The summed E-state index contributed by atoms with van der Waals surface area (Å²) in [5.74, 6) is 8.34. The Bertz CT molecular complexity index is 1040. The Morgan fingerprint density at radius 2 is 1.92 bits per heavy atom.